The van der Waals surface area contributed by atoms with Gasteiger partial charge in [-0.3, -0.25) is 0 Å². The monoisotopic (exact) mass is 232 g/mol. The predicted octanol–water partition coefficient (Wildman–Crippen LogP) is 4.65. The molecule has 0 spiro atoms. The fourth-order valence-corrected chi connectivity index (χ4v) is 2.07. The molecule has 84 valence electrons. The van der Waals surface area contributed by atoms with Crippen LogP contribution in [0.15, 0.2) is 42.5 Å². The van der Waals surface area contributed by atoms with E-state index >= 15 is 0 Å². The van der Waals surface area contributed by atoms with Gasteiger partial charge in [-0.25, -0.2) is 0 Å². The van der Waals surface area contributed by atoms with Crippen LogP contribution in [0, 0.1) is 5.92 Å². The zero-order valence-corrected chi connectivity index (χ0v) is 10.5. The van der Waals surface area contributed by atoms with Crippen LogP contribution in [0.5, 0.6) is 0 Å². The minimum absolute atomic E-state index is 0.221. The molecule has 0 aliphatic carbocycles. The summed E-state index contributed by atoms with van der Waals surface area (Å²) >= 11 is 6.13. The summed E-state index contributed by atoms with van der Waals surface area (Å²) in [6.45, 7) is 4.27. The van der Waals surface area contributed by atoms with E-state index in [2.05, 4.69) is 56.3 Å². The minimum Gasteiger partial charge on any atom is -0.123 e. The number of hydrogen-bond acceptors (Lipinski definition) is 0. The maximum absolute atomic E-state index is 6.13. The van der Waals surface area contributed by atoms with Crippen molar-refractivity contribution in [1.29, 1.82) is 0 Å². The van der Waals surface area contributed by atoms with Crippen LogP contribution >= 0.6 is 11.6 Å². The van der Waals surface area contributed by atoms with Gasteiger partial charge in [0, 0.05) is 5.38 Å². The maximum Gasteiger partial charge on any atom is 0.0336 e. The second-order valence-electron chi connectivity index (χ2n) is 4.50. The summed E-state index contributed by atoms with van der Waals surface area (Å²) in [5.74, 6) is 0.507. The molecular formula is C15H17Cl. The van der Waals surface area contributed by atoms with Crippen molar-refractivity contribution in [2.45, 2.75) is 25.6 Å². The van der Waals surface area contributed by atoms with E-state index in [1.807, 2.05) is 0 Å². The third-order valence-electron chi connectivity index (χ3n) is 3.21. The largest absolute Gasteiger partial charge is 0.123 e. The molecule has 0 saturated heterocycles. The summed E-state index contributed by atoms with van der Waals surface area (Å²) in [4.78, 5) is 0. The minimum atomic E-state index is 0.221. The lowest BCUT2D eigenvalue weighted by Crippen LogP contribution is -2.10. The summed E-state index contributed by atoms with van der Waals surface area (Å²) < 4.78 is 0. The van der Waals surface area contributed by atoms with Crippen molar-refractivity contribution < 1.29 is 0 Å². The second-order valence-corrected chi connectivity index (χ2v) is 5.19. The number of rotatable bonds is 3. The highest BCUT2D eigenvalue weighted by Crippen LogP contribution is 2.23. The van der Waals surface area contributed by atoms with E-state index in [0.29, 0.717) is 5.92 Å². The molecule has 2 atom stereocenters. The van der Waals surface area contributed by atoms with Crippen LogP contribution in [0.3, 0.4) is 0 Å². The molecule has 0 saturated carbocycles. The molecular weight excluding hydrogens is 216 g/mol. The normalized spacial score (nSPS) is 14.9. The fourth-order valence-electron chi connectivity index (χ4n) is 1.98. The van der Waals surface area contributed by atoms with Crippen LogP contribution in [0.1, 0.15) is 19.4 Å². The van der Waals surface area contributed by atoms with Gasteiger partial charge in [-0.1, -0.05) is 49.4 Å². The first-order valence-corrected chi connectivity index (χ1v) is 6.23. The number of alkyl halides is 1. The number of hydrogen-bond donors (Lipinski definition) is 0. The molecule has 0 aliphatic rings. The van der Waals surface area contributed by atoms with E-state index in [9.17, 15) is 0 Å². The van der Waals surface area contributed by atoms with Crippen molar-refractivity contribution in [1.82, 2.24) is 0 Å². The molecule has 1 heteroatoms. The highest BCUT2D eigenvalue weighted by molar-refractivity contribution is 6.20. The molecule has 0 nitrogen and oxygen atoms in total. The Morgan fingerprint density at radius 3 is 2.44 bits per heavy atom. The Kier molecular flexibility index (Phi) is 3.50. The topological polar surface area (TPSA) is 0 Å². The molecule has 0 aliphatic heterocycles. The number of halogens is 1. The molecule has 0 radical (unpaired) electrons. The van der Waals surface area contributed by atoms with E-state index in [1.165, 1.54) is 16.3 Å². The van der Waals surface area contributed by atoms with Crippen molar-refractivity contribution >= 4 is 22.4 Å². The first-order valence-electron chi connectivity index (χ1n) is 5.79. The summed E-state index contributed by atoms with van der Waals surface area (Å²) in [6, 6.07) is 15.0. The van der Waals surface area contributed by atoms with Gasteiger partial charge in [-0.05, 0) is 35.6 Å². The highest BCUT2D eigenvalue weighted by atomic mass is 35.5. The van der Waals surface area contributed by atoms with Crippen molar-refractivity contribution in [2.24, 2.45) is 5.92 Å². The van der Waals surface area contributed by atoms with Crippen molar-refractivity contribution in [2.75, 3.05) is 0 Å². The van der Waals surface area contributed by atoms with Crippen LogP contribution in [-0.2, 0) is 6.42 Å². The predicted molar refractivity (Wildman–Crippen MR) is 72.1 cm³/mol. The highest BCUT2D eigenvalue weighted by Gasteiger charge is 2.11. The van der Waals surface area contributed by atoms with E-state index < -0.39 is 0 Å². The van der Waals surface area contributed by atoms with Crippen molar-refractivity contribution in [3.05, 3.63) is 48.0 Å². The Hall–Kier alpha value is -1.01. The van der Waals surface area contributed by atoms with E-state index in [0.717, 1.165) is 6.42 Å². The van der Waals surface area contributed by atoms with Gasteiger partial charge in [0.25, 0.3) is 0 Å². The van der Waals surface area contributed by atoms with E-state index in [4.69, 9.17) is 11.6 Å². The lowest BCUT2D eigenvalue weighted by atomic mass is 9.94. The molecule has 2 aromatic rings. The Bertz CT molecular complexity index is 468. The number of fused-ring (bicyclic) bond motifs is 1. The van der Waals surface area contributed by atoms with Crippen molar-refractivity contribution in [3.63, 3.8) is 0 Å². The van der Waals surface area contributed by atoms with Gasteiger partial charge in [0.2, 0.25) is 0 Å². The smallest absolute Gasteiger partial charge is 0.0336 e. The first-order chi connectivity index (χ1) is 7.68. The van der Waals surface area contributed by atoms with Gasteiger partial charge < -0.3 is 0 Å². The van der Waals surface area contributed by atoms with Crippen molar-refractivity contribution in [3.8, 4) is 0 Å². The Labute approximate surface area is 102 Å². The van der Waals surface area contributed by atoms with Crippen LogP contribution in [-0.4, -0.2) is 5.38 Å². The van der Waals surface area contributed by atoms with Crippen LogP contribution in [0.25, 0.3) is 10.8 Å². The Morgan fingerprint density at radius 1 is 1.00 bits per heavy atom. The van der Waals surface area contributed by atoms with Gasteiger partial charge in [0.1, 0.15) is 0 Å². The van der Waals surface area contributed by atoms with Gasteiger partial charge >= 0.3 is 0 Å². The molecule has 2 unspecified atom stereocenters. The third kappa shape index (κ3) is 2.38. The molecule has 0 fully saturated rings. The molecule has 0 N–H and O–H groups in total. The molecule has 0 amide bonds. The SMILES string of the molecule is CC(Cl)C(C)Cc1cccc2ccccc12. The van der Waals surface area contributed by atoms with Gasteiger partial charge in [-0.2, -0.15) is 0 Å². The van der Waals surface area contributed by atoms with E-state index in [1.54, 1.807) is 0 Å². The maximum atomic E-state index is 6.13. The fraction of sp³-hybridized carbons (Fsp3) is 0.333. The average molecular weight is 233 g/mol. The first kappa shape index (κ1) is 11.5. The van der Waals surface area contributed by atoms with Gasteiger partial charge in [0.15, 0.2) is 0 Å². The van der Waals surface area contributed by atoms with Gasteiger partial charge in [-0.15, -0.1) is 11.6 Å². The molecule has 2 aromatic carbocycles. The summed E-state index contributed by atoms with van der Waals surface area (Å²) in [5, 5.41) is 2.89. The standard InChI is InChI=1S/C15H17Cl/c1-11(12(2)16)10-14-8-5-7-13-6-3-4-9-15(13)14/h3-9,11-12H,10H2,1-2H3. The summed E-state index contributed by atoms with van der Waals surface area (Å²) in [7, 11) is 0. The Balaban J connectivity index is 2.37. The molecule has 2 rings (SSSR count). The molecule has 0 aromatic heterocycles. The lowest BCUT2D eigenvalue weighted by Gasteiger charge is -2.15. The molecule has 16 heavy (non-hydrogen) atoms. The average Bonchev–Trinajstić information content (AvgIpc) is 2.29. The van der Waals surface area contributed by atoms with Crippen LogP contribution in [0.4, 0.5) is 0 Å². The Morgan fingerprint density at radius 2 is 1.69 bits per heavy atom. The summed E-state index contributed by atoms with van der Waals surface area (Å²) in [6.07, 6.45) is 1.05. The third-order valence-corrected chi connectivity index (χ3v) is 3.64. The van der Waals surface area contributed by atoms with E-state index in [-0.39, 0.29) is 5.38 Å². The quantitative estimate of drug-likeness (QED) is 0.676. The number of benzene rings is 2. The van der Waals surface area contributed by atoms with Crippen LogP contribution < -0.4 is 0 Å². The second kappa shape index (κ2) is 4.88. The summed E-state index contributed by atoms with van der Waals surface area (Å²) in [5.41, 5.74) is 1.40. The van der Waals surface area contributed by atoms with Crippen LogP contribution in [0.2, 0.25) is 0 Å². The van der Waals surface area contributed by atoms with Gasteiger partial charge in [0.05, 0.1) is 0 Å². The zero-order chi connectivity index (χ0) is 11.5. The lowest BCUT2D eigenvalue weighted by molar-refractivity contribution is 0.570. The zero-order valence-electron chi connectivity index (χ0n) is 9.78. The molecule has 0 heterocycles. The molecule has 0 bridgehead atoms.